The van der Waals surface area contributed by atoms with E-state index in [1.807, 2.05) is 41.6 Å². The summed E-state index contributed by atoms with van der Waals surface area (Å²) in [7, 11) is 1.87. The van der Waals surface area contributed by atoms with Gasteiger partial charge in [0.1, 0.15) is 5.82 Å². The summed E-state index contributed by atoms with van der Waals surface area (Å²) in [5.41, 5.74) is 1.93. The van der Waals surface area contributed by atoms with Crippen molar-refractivity contribution in [1.29, 1.82) is 0 Å². The van der Waals surface area contributed by atoms with Gasteiger partial charge in [0.2, 0.25) is 0 Å². The number of carboxylic acid groups (broad SMARTS) is 1. The topological polar surface area (TPSA) is 61.6 Å². The van der Waals surface area contributed by atoms with Crippen LogP contribution in [0.1, 0.15) is 17.6 Å². The van der Waals surface area contributed by atoms with Crippen LogP contribution in [0, 0.1) is 6.92 Å². The highest BCUT2D eigenvalue weighted by Gasteiger charge is 2.32. The molecule has 0 saturated carbocycles. The van der Waals surface area contributed by atoms with Crippen LogP contribution in [-0.2, 0) is 11.8 Å². The van der Waals surface area contributed by atoms with Crippen molar-refractivity contribution in [2.24, 2.45) is 7.05 Å². The Hall–Kier alpha value is -2.34. The molecule has 122 valence electrons. The van der Waals surface area contributed by atoms with Gasteiger partial charge in [-0.1, -0.05) is 18.2 Å². The molecule has 3 rings (SSSR count). The van der Waals surface area contributed by atoms with E-state index in [2.05, 4.69) is 22.0 Å². The molecule has 1 unspecified atom stereocenters. The van der Waals surface area contributed by atoms with Gasteiger partial charge in [0.15, 0.2) is 6.04 Å². The van der Waals surface area contributed by atoms with Gasteiger partial charge in [-0.25, -0.2) is 4.98 Å². The standard InChI is InChI=1S/C17H22N4O2/c1-13-18-12-15(19(13)2)16(17(22)23)21-10-8-20(9-11-21)14-6-4-3-5-7-14/h3-7,12,16H,8-11H2,1-2H3,(H,22,23). The summed E-state index contributed by atoms with van der Waals surface area (Å²) >= 11 is 0. The van der Waals surface area contributed by atoms with Crippen LogP contribution >= 0.6 is 0 Å². The fourth-order valence-corrected chi connectivity index (χ4v) is 3.12. The molecule has 1 saturated heterocycles. The van der Waals surface area contributed by atoms with Gasteiger partial charge >= 0.3 is 5.97 Å². The Balaban J connectivity index is 1.74. The molecule has 0 spiro atoms. The summed E-state index contributed by atoms with van der Waals surface area (Å²) in [6.45, 7) is 4.97. The summed E-state index contributed by atoms with van der Waals surface area (Å²) in [4.78, 5) is 20.4. The van der Waals surface area contributed by atoms with Gasteiger partial charge in [-0.15, -0.1) is 0 Å². The molecular formula is C17H22N4O2. The minimum Gasteiger partial charge on any atom is -0.480 e. The van der Waals surface area contributed by atoms with Crippen LogP contribution in [0.3, 0.4) is 0 Å². The minimum absolute atomic E-state index is 0.640. The van der Waals surface area contributed by atoms with Gasteiger partial charge < -0.3 is 14.6 Å². The molecule has 1 aliphatic rings. The first-order valence-electron chi connectivity index (χ1n) is 7.83. The van der Waals surface area contributed by atoms with E-state index in [1.165, 1.54) is 5.69 Å². The minimum atomic E-state index is -0.818. The van der Waals surface area contributed by atoms with Crippen molar-refractivity contribution < 1.29 is 9.90 Å². The van der Waals surface area contributed by atoms with Crippen LogP contribution in [0.15, 0.2) is 36.5 Å². The van der Waals surface area contributed by atoms with Crippen LogP contribution in [0.4, 0.5) is 5.69 Å². The zero-order valence-electron chi connectivity index (χ0n) is 13.5. The summed E-state index contributed by atoms with van der Waals surface area (Å²) in [6.07, 6.45) is 1.68. The zero-order valence-corrected chi connectivity index (χ0v) is 13.5. The molecular weight excluding hydrogens is 292 g/mol. The maximum atomic E-state index is 11.8. The van der Waals surface area contributed by atoms with Gasteiger partial charge in [-0.05, 0) is 19.1 Å². The van der Waals surface area contributed by atoms with Crippen molar-refractivity contribution in [2.45, 2.75) is 13.0 Å². The van der Waals surface area contributed by atoms with Crippen LogP contribution in [-0.4, -0.2) is 51.7 Å². The Morgan fingerprint density at radius 3 is 2.35 bits per heavy atom. The predicted molar refractivity (Wildman–Crippen MR) is 88.5 cm³/mol. The highest BCUT2D eigenvalue weighted by molar-refractivity contribution is 5.75. The molecule has 2 aromatic rings. The molecule has 1 aromatic carbocycles. The Bertz CT molecular complexity index is 675. The van der Waals surface area contributed by atoms with E-state index >= 15 is 0 Å². The molecule has 6 heteroatoms. The monoisotopic (exact) mass is 314 g/mol. The van der Waals surface area contributed by atoms with Crippen molar-refractivity contribution >= 4 is 11.7 Å². The number of aromatic nitrogens is 2. The molecule has 6 nitrogen and oxygen atoms in total. The van der Waals surface area contributed by atoms with E-state index in [1.54, 1.807) is 6.20 Å². The second-order valence-corrected chi connectivity index (χ2v) is 5.89. The van der Waals surface area contributed by atoms with Gasteiger partial charge in [0, 0.05) is 38.9 Å². The second-order valence-electron chi connectivity index (χ2n) is 5.89. The number of hydrogen-bond donors (Lipinski definition) is 1. The van der Waals surface area contributed by atoms with Crippen LogP contribution in [0.25, 0.3) is 0 Å². The maximum Gasteiger partial charge on any atom is 0.327 e. The largest absolute Gasteiger partial charge is 0.480 e. The number of para-hydroxylation sites is 1. The van der Waals surface area contributed by atoms with Gasteiger partial charge in [-0.2, -0.15) is 0 Å². The SMILES string of the molecule is Cc1ncc(C(C(=O)O)N2CCN(c3ccccc3)CC2)n1C. The first kappa shape index (κ1) is 15.6. The van der Waals surface area contributed by atoms with Crippen molar-refractivity contribution in [3.63, 3.8) is 0 Å². The van der Waals surface area contributed by atoms with Crippen molar-refractivity contribution in [3.8, 4) is 0 Å². The third-order valence-electron chi connectivity index (χ3n) is 4.57. The fourth-order valence-electron chi connectivity index (χ4n) is 3.12. The average Bonchev–Trinajstić information content (AvgIpc) is 2.89. The normalized spacial score (nSPS) is 17.2. The highest BCUT2D eigenvalue weighted by Crippen LogP contribution is 2.24. The zero-order chi connectivity index (χ0) is 16.4. The number of carboxylic acids is 1. The van der Waals surface area contributed by atoms with E-state index in [-0.39, 0.29) is 0 Å². The number of aliphatic carboxylic acids is 1. The molecule has 1 aromatic heterocycles. The third-order valence-corrected chi connectivity index (χ3v) is 4.57. The first-order chi connectivity index (χ1) is 11.1. The van der Waals surface area contributed by atoms with Crippen LogP contribution in [0.5, 0.6) is 0 Å². The summed E-state index contributed by atoms with van der Waals surface area (Å²) < 4.78 is 1.86. The fraction of sp³-hybridized carbons (Fsp3) is 0.412. The molecule has 0 amide bonds. The molecule has 1 N–H and O–H groups in total. The Morgan fingerprint density at radius 2 is 1.83 bits per heavy atom. The summed E-state index contributed by atoms with van der Waals surface area (Å²) in [5, 5.41) is 9.70. The molecule has 2 heterocycles. The van der Waals surface area contributed by atoms with Gasteiger partial charge in [0.25, 0.3) is 0 Å². The lowest BCUT2D eigenvalue weighted by Gasteiger charge is -2.38. The quantitative estimate of drug-likeness (QED) is 0.930. The lowest BCUT2D eigenvalue weighted by atomic mass is 10.1. The van der Waals surface area contributed by atoms with E-state index < -0.39 is 12.0 Å². The first-order valence-corrected chi connectivity index (χ1v) is 7.83. The molecule has 1 aliphatic heterocycles. The molecule has 0 radical (unpaired) electrons. The average molecular weight is 314 g/mol. The molecule has 0 bridgehead atoms. The Morgan fingerprint density at radius 1 is 1.17 bits per heavy atom. The lowest BCUT2D eigenvalue weighted by molar-refractivity contribution is -0.144. The maximum absolute atomic E-state index is 11.8. The third kappa shape index (κ3) is 3.07. The van der Waals surface area contributed by atoms with Crippen LogP contribution < -0.4 is 4.90 Å². The Kier molecular flexibility index (Phi) is 4.34. The van der Waals surface area contributed by atoms with Crippen molar-refractivity contribution in [3.05, 3.63) is 48.0 Å². The van der Waals surface area contributed by atoms with E-state index in [4.69, 9.17) is 0 Å². The number of nitrogens with zero attached hydrogens (tertiary/aromatic N) is 4. The molecule has 1 atom stereocenters. The van der Waals surface area contributed by atoms with E-state index in [9.17, 15) is 9.90 Å². The number of hydrogen-bond acceptors (Lipinski definition) is 4. The second kappa shape index (κ2) is 6.42. The number of rotatable bonds is 4. The lowest BCUT2D eigenvalue weighted by Crippen LogP contribution is -2.49. The Labute approximate surface area is 136 Å². The van der Waals surface area contributed by atoms with Crippen molar-refractivity contribution in [1.82, 2.24) is 14.5 Å². The smallest absolute Gasteiger partial charge is 0.327 e. The van der Waals surface area contributed by atoms with E-state index in [0.717, 1.165) is 37.7 Å². The number of carbonyl (C=O) groups is 1. The van der Waals surface area contributed by atoms with Gasteiger partial charge in [-0.3, -0.25) is 9.69 Å². The molecule has 0 aliphatic carbocycles. The number of anilines is 1. The van der Waals surface area contributed by atoms with Crippen LogP contribution in [0.2, 0.25) is 0 Å². The number of piperazine rings is 1. The van der Waals surface area contributed by atoms with E-state index in [0.29, 0.717) is 0 Å². The summed E-state index contributed by atoms with van der Waals surface area (Å²) in [6, 6.07) is 9.61. The number of imidazole rings is 1. The predicted octanol–water partition coefficient (Wildman–Crippen LogP) is 1.68. The summed E-state index contributed by atoms with van der Waals surface area (Å²) in [5.74, 6) is 0.00957. The molecule has 1 fully saturated rings. The number of aryl methyl sites for hydroxylation is 1. The van der Waals surface area contributed by atoms with Crippen molar-refractivity contribution in [2.75, 3.05) is 31.1 Å². The molecule has 23 heavy (non-hydrogen) atoms. The number of benzene rings is 1. The van der Waals surface area contributed by atoms with Gasteiger partial charge in [0.05, 0.1) is 11.9 Å². The highest BCUT2D eigenvalue weighted by atomic mass is 16.4.